The monoisotopic (exact) mass is 318 g/mol. The highest BCUT2D eigenvalue weighted by atomic mass is 16.5. The number of aliphatic hydroxyl groups excluding tert-OH is 1. The van der Waals surface area contributed by atoms with Gasteiger partial charge in [0, 0.05) is 0 Å². The Morgan fingerprint density at radius 2 is 1.83 bits per heavy atom. The molecule has 4 nitrogen and oxygen atoms in total. The number of rotatable bonds is 6. The highest BCUT2D eigenvalue weighted by Crippen LogP contribution is 2.48. The van der Waals surface area contributed by atoms with Gasteiger partial charge in [-0.2, -0.15) is 0 Å². The Morgan fingerprint density at radius 3 is 2.30 bits per heavy atom. The van der Waals surface area contributed by atoms with Crippen molar-refractivity contribution >= 4 is 11.8 Å². The fraction of sp³-hybridized carbons (Fsp3) is 0.579. The number of Topliss-reactive ketones (excluding diaryl/α,β-unsaturated/α-hetero) is 1. The lowest BCUT2D eigenvalue weighted by Crippen LogP contribution is -2.43. The molecule has 1 saturated carbocycles. The van der Waals surface area contributed by atoms with Gasteiger partial charge in [0.1, 0.15) is 5.41 Å². The maximum atomic E-state index is 12.9. The molecule has 1 aromatic rings. The van der Waals surface area contributed by atoms with Crippen molar-refractivity contribution in [3.8, 4) is 0 Å². The smallest absolute Gasteiger partial charge is 0.319 e. The molecule has 23 heavy (non-hydrogen) atoms. The molecule has 1 aliphatic rings. The molecule has 1 fully saturated rings. The van der Waals surface area contributed by atoms with E-state index in [0.29, 0.717) is 19.3 Å². The van der Waals surface area contributed by atoms with E-state index in [2.05, 4.69) is 19.1 Å². The average Bonchev–Trinajstić information content (AvgIpc) is 2.83. The van der Waals surface area contributed by atoms with Crippen LogP contribution >= 0.6 is 0 Å². The van der Waals surface area contributed by atoms with Crippen molar-refractivity contribution < 1.29 is 19.4 Å². The summed E-state index contributed by atoms with van der Waals surface area (Å²) in [6, 6.07) is 8.07. The SMILES string of the molecule is CCCc1ccc(CC2(C(=O)OC)CCC(C)(CO)C2=O)cc1. The lowest BCUT2D eigenvalue weighted by Gasteiger charge is -2.27. The minimum Gasteiger partial charge on any atom is -0.468 e. The second-order valence-electron chi connectivity index (χ2n) is 6.86. The van der Waals surface area contributed by atoms with E-state index in [-0.39, 0.29) is 12.4 Å². The highest BCUT2D eigenvalue weighted by molar-refractivity contribution is 6.08. The first-order valence-corrected chi connectivity index (χ1v) is 8.24. The standard InChI is InChI=1S/C19H26O4/c1-4-5-14-6-8-15(9-7-14)12-19(17(22)23-3)11-10-18(2,13-20)16(19)21/h6-9,20H,4-5,10-13H2,1-3H3. The van der Waals surface area contributed by atoms with Crippen molar-refractivity contribution in [2.45, 2.75) is 46.0 Å². The Morgan fingerprint density at radius 1 is 1.22 bits per heavy atom. The number of hydrogen-bond acceptors (Lipinski definition) is 4. The first kappa shape index (κ1) is 17.7. The van der Waals surface area contributed by atoms with E-state index in [1.807, 2.05) is 12.1 Å². The second kappa shape index (κ2) is 6.83. The lowest BCUT2D eigenvalue weighted by atomic mass is 9.75. The molecule has 2 unspecified atom stereocenters. The molecule has 0 aromatic heterocycles. The molecule has 2 rings (SSSR count). The third-order valence-electron chi connectivity index (χ3n) is 5.08. The number of carbonyl (C=O) groups is 2. The predicted molar refractivity (Wildman–Crippen MR) is 88.0 cm³/mol. The molecule has 0 radical (unpaired) electrons. The van der Waals surface area contributed by atoms with Crippen LogP contribution in [-0.4, -0.2) is 30.6 Å². The largest absolute Gasteiger partial charge is 0.468 e. The summed E-state index contributed by atoms with van der Waals surface area (Å²) in [5, 5.41) is 9.57. The number of aryl methyl sites for hydroxylation is 1. The van der Waals surface area contributed by atoms with Gasteiger partial charge in [0.15, 0.2) is 5.78 Å². The van der Waals surface area contributed by atoms with E-state index in [4.69, 9.17) is 4.74 Å². The Bertz CT molecular complexity index is 578. The van der Waals surface area contributed by atoms with E-state index in [1.165, 1.54) is 12.7 Å². The summed E-state index contributed by atoms with van der Waals surface area (Å²) >= 11 is 0. The summed E-state index contributed by atoms with van der Waals surface area (Å²) in [6.07, 6.45) is 3.36. The molecule has 0 amide bonds. The minimum atomic E-state index is -1.17. The van der Waals surface area contributed by atoms with Gasteiger partial charge in [-0.25, -0.2) is 0 Å². The Hall–Kier alpha value is -1.68. The number of carbonyl (C=O) groups excluding carboxylic acids is 2. The first-order valence-electron chi connectivity index (χ1n) is 8.24. The molecule has 0 saturated heterocycles. The van der Waals surface area contributed by atoms with Gasteiger partial charge in [-0.15, -0.1) is 0 Å². The summed E-state index contributed by atoms with van der Waals surface area (Å²) in [7, 11) is 1.32. The number of benzene rings is 1. The van der Waals surface area contributed by atoms with E-state index < -0.39 is 16.8 Å². The average molecular weight is 318 g/mol. The molecular weight excluding hydrogens is 292 g/mol. The number of aliphatic hydroxyl groups is 1. The summed E-state index contributed by atoms with van der Waals surface area (Å²) in [5.74, 6) is -0.686. The topological polar surface area (TPSA) is 63.6 Å². The Labute approximate surface area is 137 Å². The summed E-state index contributed by atoms with van der Waals surface area (Å²) in [4.78, 5) is 25.3. The number of methoxy groups -OCH3 is 1. The van der Waals surface area contributed by atoms with Gasteiger partial charge in [0.2, 0.25) is 0 Å². The second-order valence-corrected chi connectivity index (χ2v) is 6.86. The van der Waals surface area contributed by atoms with Crippen LogP contribution in [-0.2, 0) is 27.2 Å². The van der Waals surface area contributed by atoms with Crippen LogP contribution in [0.5, 0.6) is 0 Å². The quantitative estimate of drug-likeness (QED) is 0.647. The molecule has 1 aromatic carbocycles. The van der Waals surface area contributed by atoms with Crippen molar-refractivity contribution in [1.29, 1.82) is 0 Å². The third kappa shape index (κ3) is 3.18. The van der Waals surface area contributed by atoms with Crippen LogP contribution in [0.15, 0.2) is 24.3 Å². The Balaban J connectivity index is 2.30. The van der Waals surface area contributed by atoms with Crippen LogP contribution < -0.4 is 0 Å². The van der Waals surface area contributed by atoms with Gasteiger partial charge in [-0.1, -0.05) is 44.5 Å². The molecule has 0 heterocycles. The van der Waals surface area contributed by atoms with Crippen molar-refractivity contribution in [2.75, 3.05) is 13.7 Å². The predicted octanol–water partition coefficient (Wildman–Crippen LogP) is 2.70. The molecule has 1 aliphatic carbocycles. The summed E-state index contributed by atoms with van der Waals surface area (Å²) < 4.78 is 4.94. The van der Waals surface area contributed by atoms with Crippen molar-refractivity contribution in [3.05, 3.63) is 35.4 Å². The van der Waals surface area contributed by atoms with Crippen molar-refractivity contribution in [3.63, 3.8) is 0 Å². The van der Waals surface area contributed by atoms with Gasteiger partial charge in [0.05, 0.1) is 19.1 Å². The lowest BCUT2D eigenvalue weighted by molar-refractivity contribution is -0.158. The maximum absolute atomic E-state index is 12.9. The fourth-order valence-electron chi connectivity index (χ4n) is 3.54. The van der Waals surface area contributed by atoms with Crippen LogP contribution in [0.4, 0.5) is 0 Å². The zero-order valence-corrected chi connectivity index (χ0v) is 14.2. The zero-order chi connectivity index (χ0) is 17.1. The molecule has 1 N–H and O–H groups in total. The van der Waals surface area contributed by atoms with Gasteiger partial charge in [0.25, 0.3) is 0 Å². The number of ether oxygens (including phenoxy) is 1. The van der Waals surface area contributed by atoms with E-state index in [1.54, 1.807) is 6.92 Å². The zero-order valence-electron chi connectivity index (χ0n) is 14.2. The Kier molecular flexibility index (Phi) is 5.25. The molecular formula is C19H26O4. The van der Waals surface area contributed by atoms with E-state index >= 15 is 0 Å². The van der Waals surface area contributed by atoms with Crippen LogP contribution in [0.25, 0.3) is 0 Å². The van der Waals surface area contributed by atoms with E-state index in [9.17, 15) is 14.7 Å². The van der Waals surface area contributed by atoms with Crippen LogP contribution in [0, 0.1) is 10.8 Å². The van der Waals surface area contributed by atoms with Gasteiger partial charge in [-0.05, 0) is 36.8 Å². The summed E-state index contributed by atoms with van der Waals surface area (Å²) in [5.41, 5.74) is 0.182. The third-order valence-corrected chi connectivity index (χ3v) is 5.08. The molecule has 126 valence electrons. The molecule has 0 bridgehead atoms. The fourth-order valence-corrected chi connectivity index (χ4v) is 3.54. The number of esters is 1. The number of ketones is 1. The van der Waals surface area contributed by atoms with Gasteiger partial charge < -0.3 is 9.84 Å². The van der Waals surface area contributed by atoms with E-state index in [0.717, 1.165) is 18.4 Å². The molecule has 0 spiro atoms. The highest BCUT2D eigenvalue weighted by Gasteiger charge is 2.58. The summed E-state index contributed by atoms with van der Waals surface area (Å²) in [6.45, 7) is 3.62. The first-order chi connectivity index (χ1) is 10.9. The van der Waals surface area contributed by atoms with Crippen molar-refractivity contribution in [1.82, 2.24) is 0 Å². The van der Waals surface area contributed by atoms with Crippen molar-refractivity contribution in [2.24, 2.45) is 10.8 Å². The molecule has 4 heteroatoms. The van der Waals surface area contributed by atoms with Gasteiger partial charge in [-0.3, -0.25) is 9.59 Å². The van der Waals surface area contributed by atoms with Crippen LogP contribution in [0.2, 0.25) is 0 Å². The van der Waals surface area contributed by atoms with Crippen LogP contribution in [0.1, 0.15) is 44.2 Å². The van der Waals surface area contributed by atoms with Crippen LogP contribution in [0.3, 0.4) is 0 Å². The molecule has 0 aliphatic heterocycles. The number of hydrogen-bond donors (Lipinski definition) is 1. The molecule has 2 atom stereocenters. The minimum absolute atomic E-state index is 0.197. The van der Waals surface area contributed by atoms with Gasteiger partial charge >= 0.3 is 5.97 Å². The normalized spacial score (nSPS) is 27.2. The maximum Gasteiger partial charge on any atom is 0.319 e.